The Balaban J connectivity index is 2.16. The number of rotatable bonds is 4. The zero-order valence-corrected chi connectivity index (χ0v) is 14.3. The van der Waals surface area contributed by atoms with Gasteiger partial charge < -0.3 is 4.74 Å². The summed E-state index contributed by atoms with van der Waals surface area (Å²) in [6.45, 7) is 4.25. The van der Waals surface area contributed by atoms with E-state index >= 15 is 0 Å². The number of alkyl halides is 1. The number of ether oxygens (including phenoxy) is 1. The van der Waals surface area contributed by atoms with Gasteiger partial charge in [-0.3, -0.25) is 4.98 Å². The molecular weight excluding hydrogens is 306 g/mol. The molecule has 0 aliphatic rings. The lowest BCUT2D eigenvalue weighted by atomic mass is 9.84. The van der Waals surface area contributed by atoms with Crippen LogP contribution < -0.4 is 4.74 Å². The van der Waals surface area contributed by atoms with E-state index in [4.69, 9.17) is 21.3 Å². The molecular formula is C20H20ClNO. The summed E-state index contributed by atoms with van der Waals surface area (Å²) in [4.78, 5) is 4.19. The Morgan fingerprint density at radius 1 is 1.00 bits per heavy atom. The van der Waals surface area contributed by atoms with E-state index in [0.29, 0.717) is 0 Å². The Kier molecular flexibility index (Phi) is 4.27. The molecule has 0 aliphatic heterocycles. The first kappa shape index (κ1) is 15.8. The van der Waals surface area contributed by atoms with Crippen LogP contribution >= 0.6 is 11.6 Å². The Morgan fingerprint density at radius 2 is 1.74 bits per heavy atom. The first-order valence-electron chi connectivity index (χ1n) is 7.75. The second kappa shape index (κ2) is 6.21. The van der Waals surface area contributed by atoms with Crippen LogP contribution in [0, 0.1) is 5.92 Å². The summed E-state index contributed by atoms with van der Waals surface area (Å²) in [6, 6.07) is 20.1. The zero-order valence-electron chi connectivity index (χ0n) is 13.6. The third-order valence-electron chi connectivity index (χ3n) is 4.26. The molecule has 1 heterocycles. The monoisotopic (exact) mass is 325 g/mol. The number of nitrogens with zero attached hydrogens (tertiary/aromatic N) is 1. The second-order valence-corrected chi connectivity index (χ2v) is 6.58. The third kappa shape index (κ3) is 2.79. The molecule has 3 aromatic rings. The average molecular weight is 326 g/mol. The van der Waals surface area contributed by atoms with Gasteiger partial charge in [-0.1, -0.05) is 50.2 Å². The van der Waals surface area contributed by atoms with Gasteiger partial charge in [0.2, 0.25) is 0 Å². The first-order valence-corrected chi connectivity index (χ1v) is 8.13. The molecule has 0 bridgehead atoms. The molecule has 3 rings (SSSR count). The van der Waals surface area contributed by atoms with Gasteiger partial charge in [0, 0.05) is 5.39 Å². The van der Waals surface area contributed by atoms with Crippen molar-refractivity contribution in [2.75, 3.05) is 7.11 Å². The van der Waals surface area contributed by atoms with E-state index in [1.807, 2.05) is 42.5 Å². The molecule has 0 radical (unpaired) electrons. The summed E-state index contributed by atoms with van der Waals surface area (Å²) >= 11 is 7.10. The Bertz CT molecular complexity index is 816. The number of fused-ring (bicyclic) bond motifs is 1. The SMILES string of the molecule is COc1ccc2nc(C(Cl)(c3ccccc3)C(C)C)ccc2c1. The minimum atomic E-state index is -0.643. The number of aromatic nitrogens is 1. The standard InChI is InChI=1S/C20H20ClNO/c1-14(2)20(21,16-7-5-4-6-8-16)19-12-9-15-13-17(23-3)10-11-18(15)22-19/h4-14H,1-3H3. The summed E-state index contributed by atoms with van der Waals surface area (Å²) in [6.07, 6.45) is 0. The highest BCUT2D eigenvalue weighted by Crippen LogP contribution is 2.42. The number of methoxy groups -OCH3 is 1. The quantitative estimate of drug-likeness (QED) is 0.601. The highest BCUT2D eigenvalue weighted by molar-refractivity contribution is 6.26. The van der Waals surface area contributed by atoms with Gasteiger partial charge in [0.05, 0.1) is 18.3 Å². The van der Waals surface area contributed by atoms with Crippen molar-refractivity contribution in [3.05, 3.63) is 71.9 Å². The van der Waals surface area contributed by atoms with Crippen LogP contribution in [0.4, 0.5) is 0 Å². The van der Waals surface area contributed by atoms with Crippen LogP contribution in [-0.2, 0) is 4.87 Å². The maximum absolute atomic E-state index is 7.10. The molecule has 23 heavy (non-hydrogen) atoms. The van der Waals surface area contributed by atoms with Crippen molar-refractivity contribution < 1.29 is 4.74 Å². The third-order valence-corrected chi connectivity index (χ3v) is 5.11. The fraction of sp³-hybridized carbons (Fsp3) is 0.250. The highest BCUT2D eigenvalue weighted by atomic mass is 35.5. The lowest BCUT2D eigenvalue weighted by molar-refractivity contribution is 0.415. The van der Waals surface area contributed by atoms with Gasteiger partial charge in [-0.25, -0.2) is 0 Å². The summed E-state index contributed by atoms with van der Waals surface area (Å²) in [5.74, 6) is 1.03. The topological polar surface area (TPSA) is 22.1 Å². The molecule has 0 amide bonds. The van der Waals surface area contributed by atoms with Crippen LogP contribution in [0.2, 0.25) is 0 Å². The van der Waals surface area contributed by atoms with Crippen LogP contribution in [0.25, 0.3) is 10.9 Å². The van der Waals surface area contributed by atoms with E-state index in [2.05, 4.69) is 32.0 Å². The lowest BCUT2D eigenvalue weighted by Gasteiger charge is -2.31. The van der Waals surface area contributed by atoms with Crippen molar-refractivity contribution in [2.24, 2.45) is 5.92 Å². The fourth-order valence-corrected chi connectivity index (χ4v) is 3.12. The van der Waals surface area contributed by atoms with Crippen LogP contribution in [0.5, 0.6) is 5.75 Å². The normalized spacial score (nSPS) is 14.0. The smallest absolute Gasteiger partial charge is 0.119 e. The number of hydrogen-bond acceptors (Lipinski definition) is 2. The van der Waals surface area contributed by atoms with Crippen molar-refractivity contribution in [1.82, 2.24) is 4.98 Å². The molecule has 118 valence electrons. The maximum atomic E-state index is 7.10. The average Bonchev–Trinajstić information content (AvgIpc) is 2.60. The van der Waals surface area contributed by atoms with Gasteiger partial charge in [-0.2, -0.15) is 0 Å². The fourth-order valence-electron chi connectivity index (χ4n) is 2.89. The molecule has 0 saturated carbocycles. The van der Waals surface area contributed by atoms with Gasteiger partial charge in [-0.15, -0.1) is 11.6 Å². The van der Waals surface area contributed by atoms with E-state index in [1.165, 1.54) is 0 Å². The van der Waals surface area contributed by atoms with Gasteiger partial charge in [0.25, 0.3) is 0 Å². The second-order valence-electron chi connectivity index (χ2n) is 5.99. The Hall–Kier alpha value is -2.06. The molecule has 0 N–H and O–H groups in total. The molecule has 1 unspecified atom stereocenters. The molecule has 0 saturated heterocycles. The number of hydrogen-bond donors (Lipinski definition) is 0. The van der Waals surface area contributed by atoms with Crippen LogP contribution in [0.3, 0.4) is 0 Å². The molecule has 0 aliphatic carbocycles. The van der Waals surface area contributed by atoms with Gasteiger partial charge >= 0.3 is 0 Å². The largest absolute Gasteiger partial charge is 0.497 e. The summed E-state index contributed by atoms with van der Waals surface area (Å²) in [5, 5.41) is 1.05. The van der Waals surface area contributed by atoms with Crippen molar-refractivity contribution in [2.45, 2.75) is 18.7 Å². The van der Waals surface area contributed by atoms with E-state index in [0.717, 1.165) is 27.9 Å². The Morgan fingerprint density at radius 3 is 2.39 bits per heavy atom. The van der Waals surface area contributed by atoms with Crippen molar-refractivity contribution in [3.63, 3.8) is 0 Å². The van der Waals surface area contributed by atoms with E-state index in [1.54, 1.807) is 7.11 Å². The summed E-state index contributed by atoms with van der Waals surface area (Å²) < 4.78 is 5.27. The molecule has 1 aromatic heterocycles. The summed E-state index contributed by atoms with van der Waals surface area (Å²) in [5.41, 5.74) is 2.86. The lowest BCUT2D eigenvalue weighted by Crippen LogP contribution is -2.28. The van der Waals surface area contributed by atoms with Gasteiger partial charge in [-0.05, 0) is 35.7 Å². The number of benzene rings is 2. The van der Waals surface area contributed by atoms with E-state index in [-0.39, 0.29) is 5.92 Å². The van der Waals surface area contributed by atoms with Crippen molar-refractivity contribution in [3.8, 4) is 5.75 Å². The minimum absolute atomic E-state index is 0.203. The molecule has 2 aromatic carbocycles. The maximum Gasteiger partial charge on any atom is 0.119 e. The van der Waals surface area contributed by atoms with E-state index in [9.17, 15) is 0 Å². The Labute approximate surface area is 142 Å². The van der Waals surface area contributed by atoms with E-state index < -0.39 is 4.87 Å². The van der Waals surface area contributed by atoms with Crippen LogP contribution in [0.15, 0.2) is 60.7 Å². The number of pyridine rings is 1. The molecule has 0 fully saturated rings. The predicted octanol–water partition coefficient (Wildman–Crippen LogP) is 5.38. The zero-order chi connectivity index (χ0) is 16.4. The highest BCUT2D eigenvalue weighted by Gasteiger charge is 2.36. The molecule has 2 nitrogen and oxygen atoms in total. The minimum Gasteiger partial charge on any atom is -0.497 e. The number of halogens is 1. The van der Waals surface area contributed by atoms with Crippen molar-refractivity contribution in [1.29, 1.82) is 0 Å². The molecule has 1 atom stereocenters. The van der Waals surface area contributed by atoms with Crippen LogP contribution in [0.1, 0.15) is 25.1 Å². The predicted molar refractivity (Wildman–Crippen MR) is 96.2 cm³/mol. The van der Waals surface area contributed by atoms with Gasteiger partial charge in [0.15, 0.2) is 0 Å². The summed E-state index contributed by atoms with van der Waals surface area (Å²) in [7, 11) is 1.67. The molecule has 0 spiro atoms. The first-order chi connectivity index (χ1) is 11.1. The molecule has 3 heteroatoms. The van der Waals surface area contributed by atoms with Gasteiger partial charge in [0.1, 0.15) is 10.6 Å². The van der Waals surface area contributed by atoms with Crippen LogP contribution in [-0.4, -0.2) is 12.1 Å². The van der Waals surface area contributed by atoms with Crippen molar-refractivity contribution >= 4 is 22.5 Å².